The van der Waals surface area contributed by atoms with Crippen molar-refractivity contribution in [2.24, 2.45) is 0 Å². The number of hydrogen-bond donors (Lipinski definition) is 0. The SMILES string of the molecule is COC(=O)OC.O=C1OCCO1. The average molecular weight is 178 g/mol. The minimum absolute atomic E-state index is 0.416. The van der Waals surface area contributed by atoms with Gasteiger partial charge in [0.05, 0.1) is 14.2 Å². The number of carbonyl (C=O) groups is 2. The minimum atomic E-state index is -0.657. The molecule has 0 aromatic heterocycles. The number of rotatable bonds is 0. The first-order chi connectivity index (χ1) is 5.70. The Morgan fingerprint density at radius 2 is 1.67 bits per heavy atom. The lowest BCUT2D eigenvalue weighted by Gasteiger charge is -1.89. The predicted molar refractivity (Wildman–Crippen MR) is 36.7 cm³/mol. The molecule has 0 aromatic carbocycles. The van der Waals surface area contributed by atoms with Crippen LogP contribution >= 0.6 is 0 Å². The fourth-order valence-electron chi connectivity index (χ4n) is 0.375. The fourth-order valence-corrected chi connectivity index (χ4v) is 0.375. The molecule has 0 saturated carbocycles. The van der Waals surface area contributed by atoms with Crippen molar-refractivity contribution in [2.75, 3.05) is 27.4 Å². The third-order valence-corrected chi connectivity index (χ3v) is 0.856. The number of hydrogen-bond acceptors (Lipinski definition) is 6. The van der Waals surface area contributed by atoms with Gasteiger partial charge in [0.2, 0.25) is 0 Å². The second-order valence-electron chi connectivity index (χ2n) is 1.61. The molecule has 1 rings (SSSR count). The van der Waals surface area contributed by atoms with Crippen LogP contribution in [0.5, 0.6) is 0 Å². The highest BCUT2D eigenvalue weighted by atomic mass is 16.8. The first kappa shape index (κ1) is 10.5. The van der Waals surface area contributed by atoms with Crippen molar-refractivity contribution < 1.29 is 28.5 Å². The van der Waals surface area contributed by atoms with Crippen molar-refractivity contribution >= 4 is 12.3 Å². The van der Waals surface area contributed by atoms with Gasteiger partial charge in [0.25, 0.3) is 0 Å². The molecule has 0 N–H and O–H groups in total. The summed E-state index contributed by atoms with van der Waals surface area (Å²) in [6, 6.07) is 0. The molecular weight excluding hydrogens is 168 g/mol. The van der Waals surface area contributed by atoms with Crippen LogP contribution in [0.4, 0.5) is 9.59 Å². The van der Waals surface area contributed by atoms with Crippen molar-refractivity contribution in [1.82, 2.24) is 0 Å². The molecule has 6 heteroatoms. The predicted octanol–water partition coefficient (Wildman–Crippen LogP) is 0.552. The molecule has 0 unspecified atom stereocenters. The maximum Gasteiger partial charge on any atom is 0.508 e. The van der Waals surface area contributed by atoms with Gasteiger partial charge in [0.15, 0.2) is 0 Å². The van der Waals surface area contributed by atoms with Gasteiger partial charge in [-0.25, -0.2) is 9.59 Å². The van der Waals surface area contributed by atoms with E-state index in [0.717, 1.165) is 0 Å². The Kier molecular flexibility index (Phi) is 5.50. The van der Waals surface area contributed by atoms with Crippen LogP contribution in [0.15, 0.2) is 0 Å². The van der Waals surface area contributed by atoms with E-state index in [2.05, 4.69) is 18.9 Å². The Labute approximate surface area is 69.3 Å². The van der Waals surface area contributed by atoms with E-state index in [1.807, 2.05) is 0 Å². The summed E-state index contributed by atoms with van der Waals surface area (Å²) in [5.41, 5.74) is 0. The Morgan fingerprint density at radius 1 is 1.25 bits per heavy atom. The topological polar surface area (TPSA) is 71.1 Å². The summed E-state index contributed by atoms with van der Waals surface area (Å²) in [5, 5.41) is 0. The van der Waals surface area contributed by atoms with E-state index in [9.17, 15) is 9.59 Å². The van der Waals surface area contributed by atoms with Gasteiger partial charge in [0, 0.05) is 0 Å². The first-order valence-electron chi connectivity index (χ1n) is 3.12. The molecule has 0 amide bonds. The highest BCUT2D eigenvalue weighted by Gasteiger charge is 2.09. The number of ether oxygens (including phenoxy) is 4. The summed E-state index contributed by atoms with van der Waals surface area (Å²) in [4.78, 5) is 19.5. The number of methoxy groups -OCH3 is 2. The molecule has 1 aliphatic rings. The summed E-state index contributed by atoms with van der Waals surface area (Å²) in [7, 11) is 2.51. The van der Waals surface area contributed by atoms with Crippen molar-refractivity contribution in [1.29, 1.82) is 0 Å². The zero-order valence-electron chi connectivity index (χ0n) is 6.86. The zero-order chi connectivity index (χ0) is 9.40. The second kappa shape index (κ2) is 6.26. The monoisotopic (exact) mass is 178 g/mol. The Bertz CT molecular complexity index is 138. The highest BCUT2D eigenvalue weighted by molar-refractivity contribution is 5.61. The van der Waals surface area contributed by atoms with Crippen molar-refractivity contribution in [3.8, 4) is 0 Å². The summed E-state index contributed by atoms with van der Waals surface area (Å²) in [6.07, 6.45) is -1.20. The Balaban J connectivity index is 0.000000202. The van der Waals surface area contributed by atoms with E-state index in [0.29, 0.717) is 13.2 Å². The Hall–Kier alpha value is -1.46. The van der Waals surface area contributed by atoms with Gasteiger partial charge < -0.3 is 18.9 Å². The van der Waals surface area contributed by atoms with Crippen molar-refractivity contribution in [3.05, 3.63) is 0 Å². The quantitative estimate of drug-likeness (QED) is 0.504. The molecule has 70 valence electrons. The van der Waals surface area contributed by atoms with E-state index >= 15 is 0 Å². The molecule has 0 spiro atoms. The second-order valence-corrected chi connectivity index (χ2v) is 1.61. The third-order valence-electron chi connectivity index (χ3n) is 0.856. The molecular formula is C6H10O6. The molecule has 1 fully saturated rings. The van der Waals surface area contributed by atoms with Crippen molar-refractivity contribution in [2.45, 2.75) is 0 Å². The largest absolute Gasteiger partial charge is 0.508 e. The van der Waals surface area contributed by atoms with Crippen LogP contribution in [-0.4, -0.2) is 39.7 Å². The van der Waals surface area contributed by atoms with Gasteiger partial charge >= 0.3 is 12.3 Å². The van der Waals surface area contributed by atoms with Crippen LogP contribution < -0.4 is 0 Å². The van der Waals surface area contributed by atoms with Gasteiger partial charge in [-0.05, 0) is 0 Å². The van der Waals surface area contributed by atoms with E-state index < -0.39 is 12.3 Å². The smallest absolute Gasteiger partial charge is 0.438 e. The van der Waals surface area contributed by atoms with Crippen LogP contribution in [0.3, 0.4) is 0 Å². The van der Waals surface area contributed by atoms with E-state index in [4.69, 9.17) is 0 Å². The molecule has 6 nitrogen and oxygen atoms in total. The molecule has 1 heterocycles. The lowest BCUT2D eigenvalue weighted by Crippen LogP contribution is -1.97. The van der Waals surface area contributed by atoms with Gasteiger partial charge in [-0.15, -0.1) is 0 Å². The van der Waals surface area contributed by atoms with Crippen LogP contribution in [0.25, 0.3) is 0 Å². The molecule has 1 aliphatic heterocycles. The standard InChI is InChI=1S/C3H4O3.C3H6O3/c4-3-5-1-2-6-3;1-5-3(4)6-2/h1-2H2;1-2H3. The Morgan fingerprint density at radius 3 is 1.75 bits per heavy atom. The maximum absolute atomic E-state index is 9.80. The lowest BCUT2D eigenvalue weighted by atomic mass is 10.8. The van der Waals surface area contributed by atoms with E-state index in [-0.39, 0.29) is 0 Å². The molecule has 0 aromatic rings. The molecule has 0 radical (unpaired) electrons. The van der Waals surface area contributed by atoms with Gasteiger partial charge in [-0.3, -0.25) is 0 Å². The maximum atomic E-state index is 9.80. The highest BCUT2D eigenvalue weighted by Crippen LogP contribution is 1.92. The van der Waals surface area contributed by atoms with E-state index in [1.54, 1.807) is 0 Å². The number of carbonyl (C=O) groups excluding carboxylic acids is 2. The molecule has 1 saturated heterocycles. The number of cyclic esters (lactones) is 2. The van der Waals surface area contributed by atoms with Crippen molar-refractivity contribution in [3.63, 3.8) is 0 Å². The molecule has 0 aliphatic carbocycles. The summed E-state index contributed by atoms with van der Waals surface area (Å²) >= 11 is 0. The van der Waals surface area contributed by atoms with Crippen LogP contribution in [0.1, 0.15) is 0 Å². The third kappa shape index (κ3) is 5.33. The van der Waals surface area contributed by atoms with Crippen LogP contribution in [-0.2, 0) is 18.9 Å². The summed E-state index contributed by atoms with van der Waals surface area (Å²) in [5.74, 6) is 0. The fraction of sp³-hybridized carbons (Fsp3) is 0.667. The molecule has 12 heavy (non-hydrogen) atoms. The molecule has 0 atom stereocenters. The van der Waals surface area contributed by atoms with Crippen LogP contribution in [0.2, 0.25) is 0 Å². The average Bonchev–Trinajstić information content (AvgIpc) is 2.55. The minimum Gasteiger partial charge on any atom is -0.438 e. The van der Waals surface area contributed by atoms with Gasteiger partial charge in [-0.1, -0.05) is 0 Å². The van der Waals surface area contributed by atoms with Gasteiger partial charge in [0.1, 0.15) is 13.2 Å². The van der Waals surface area contributed by atoms with Gasteiger partial charge in [-0.2, -0.15) is 0 Å². The van der Waals surface area contributed by atoms with Crippen LogP contribution in [0, 0.1) is 0 Å². The summed E-state index contributed by atoms with van der Waals surface area (Å²) < 4.78 is 16.7. The first-order valence-corrected chi connectivity index (χ1v) is 3.12. The summed E-state index contributed by atoms with van der Waals surface area (Å²) in [6.45, 7) is 0.831. The van der Waals surface area contributed by atoms with E-state index in [1.165, 1.54) is 14.2 Å². The normalized spacial score (nSPS) is 13.3. The zero-order valence-corrected chi connectivity index (χ0v) is 6.86. The molecule has 0 bridgehead atoms. The lowest BCUT2D eigenvalue weighted by molar-refractivity contribution is 0.0924.